The van der Waals surface area contributed by atoms with Gasteiger partial charge in [-0.1, -0.05) is 30.3 Å². The maximum Gasteiger partial charge on any atom is 0.196 e. The molecule has 3 aromatic rings. The van der Waals surface area contributed by atoms with Crippen LogP contribution < -0.4 is 0 Å². The van der Waals surface area contributed by atoms with Crippen LogP contribution in [0.2, 0.25) is 0 Å². The van der Waals surface area contributed by atoms with Crippen LogP contribution in [0.1, 0.15) is 5.89 Å². The number of oxazole rings is 1. The van der Waals surface area contributed by atoms with E-state index in [1.807, 2.05) is 30.3 Å². The van der Waals surface area contributed by atoms with Gasteiger partial charge < -0.3 is 4.42 Å². The average molecular weight is 182 g/mol. The second-order valence-electron chi connectivity index (χ2n) is 3.24. The van der Waals surface area contributed by atoms with Crippen LogP contribution in [0, 0.1) is 6.92 Å². The van der Waals surface area contributed by atoms with Crippen molar-refractivity contribution in [1.29, 1.82) is 0 Å². The van der Waals surface area contributed by atoms with Crippen LogP contribution in [0.4, 0.5) is 0 Å². The molecule has 67 valence electrons. The topological polar surface area (TPSA) is 26.0 Å². The summed E-state index contributed by atoms with van der Waals surface area (Å²) in [6.07, 6.45) is 0. The van der Waals surface area contributed by atoms with Crippen LogP contribution in [0.15, 0.2) is 40.8 Å². The summed E-state index contributed by atoms with van der Waals surface area (Å²) in [6, 6.07) is 12.1. The first-order valence-corrected chi connectivity index (χ1v) is 4.45. The molecule has 0 aliphatic heterocycles. The van der Waals surface area contributed by atoms with E-state index < -0.39 is 0 Å². The Morgan fingerprint density at radius 3 is 2.86 bits per heavy atom. The zero-order valence-electron chi connectivity index (χ0n) is 7.53. The zero-order valence-corrected chi connectivity index (χ0v) is 7.53. The molecule has 3 rings (SSSR count). The van der Waals surface area contributed by atoms with Gasteiger partial charge in [-0.25, -0.2) is 4.98 Å². The van der Waals surface area contributed by atoms with Gasteiger partial charge in [-0.3, -0.25) is 0 Å². The second kappa shape index (κ2) is 2.58. The van der Waals surface area contributed by atoms with E-state index in [-0.39, 0.29) is 0 Å². The summed E-state index contributed by atoms with van der Waals surface area (Å²) >= 11 is 0. The normalized spacial score (nSPS) is 11.2. The monoisotopic (exact) mass is 182 g/mol. The van der Waals surface area contributed by atoms with Crippen molar-refractivity contribution < 1.29 is 4.42 Å². The molecule has 14 heavy (non-hydrogen) atoms. The first-order valence-electron chi connectivity index (χ1n) is 4.45. The van der Waals surface area contributed by atoms with Gasteiger partial charge in [0.25, 0.3) is 0 Å². The van der Waals surface area contributed by atoms with Crippen molar-refractivity contribution in [2.24, 2.45) is 0 Å². The van der Waals surface area contributed by atoms with Crippen molar-refractivity contribution in [2.45, 2.75) is 0 Å². The van der Waals surface area contributed by atoms with Crippen molar-refractivity contribution in [3.05, 3.63) is 49.2 Å². The molecule has 0 saturated carbocycles. The molecule has 0 aliphatic rings. The maximum atomic E-state index is 5.35. The van der Waals surface area contributed by atoms with E-state index in [1.165, 1.54) is 5.39 Å². The highest BCUT2D eigenvalue weighted by Gasteiger charge is 2.05. The number of fused-ring (bicyclic) bond motifs is 3. The van der Waals surface area contributed by atoms with Crippen molar-refractivity contribution in [3.63, 3.8) is 0 Å². The van der Waals surface area contributed by atoms with Gasteiger partial charge in [0.2, 0.25) is 0 Å². The Labute approximate surface area is 81.2 Å². The van der Waals surface area contributed by atoms with Crippen LogP contribution >= 0.6 is 0 Å². The lowest BCUT2D eigenvalue weighted by atomic mass is 10.1. The second-order valence-corrected chi connectivity index (χ2v) is 3.24. The molecule has 0 spiro atoms. The SMILES string of the molecule is [CH2]c1nc2c(ccc3ccccc32)o1. The van der Waals surface area contributed by atoms with Crippen LogP contribution in [0.25, 0.3) is 21.9 Å². The fraction of sp³-hybridized carbons (Fsp3) is 0. The highest BCUT2D eigenvalue weighted by atomic mass is 16.3. The first kappa shape index (κ1) is 7.56. The van der Waals surface area contributed by atoms with Crippen LogP contribution in [-0.4, -0.2) is 4.98 Å². The molecule has 0 aliphatic carbocycles. The highest BCUT2D eigenvalue weighted by molar-refractivity contribution is 6.03. The number of benzene rings is 2. The lowest BCUT2D eigenvalue weighted by Crippen LogP contribution is -1.74. The third-order valence-corrected chi connectivity index (χ3v) is 2.33. The molecule has 0 amide bonds. The summed E-state index contributed by atoms with van der Waals surface area (Å²) in [7, 11) is 0. The Hall–Kier alpha value is -1.83. The Morgan fingerprint density at radius 2 is 1.93 bits per heavy atom. The van der Waals surface area contributed by atoms with Gasteiger partial charge in [-0.2, -0.15) is 0 Å². The number of hydrogen-bond acceptors (Lipinski definition) is 2. The minimum Gasteiger partial charge on any atom is -0.441 e. The molecule has 0 fully saturated rings. The Morgan fingerprint density at radius 1 is 1.07 bits per heavy atom. The highest BCUT2D eigenvalue weighted by Crippen LogP contribution is 2.24. The van der Waals surface area contributed by atoms with Gasteiger partial charge >= 0.3 is 0 Å². The van der Waals surface area contributed by atoms with E-state index >= 15 is 0 Å². The quantitative estimate of drug-likeness (QED) is 0.533. The molecule has 2 nitrogen and oxygen atoms in total. The predicted octanol–water partition coefficient (Wildman–Crippen LogP) is 3.16. The van der Waals surface area contributed by atoms with Crippen molar-refractivity contribution >= 4 is 21.9 Å². The number of hydrogen-bond donors (Lipinski definition) is 0. The summed E-state index contributed by atoms with van der Waals surface area (Å²) in [5.41, 5.74) is 1.70. The van der Waals surface area contributed by atoms with Crippen LogP contribution in [0.3, 0.4) is 0 Å². The van der Waals surface area contributed by atoms with E-state index in [2.05, 4.69) is 18.0 Å². The fourth-order valence-electron chi connectivity index (χ4n) is 1.71. The third kappa shape index (κ3) is 0.940. The largest absolute Gasteiger partial charge is 0.441 e. The minimum atomic E-state index is 0.469. The van der Waals surface area contributed by atoms with E-state index in [0.717, 1.165) is 16.5 Å². The molecule has 0 bridgehead atoms. The molecule has 1 heterocycles. The van der Waals surface area contributed by atoms with E-state index in [9.17, 15) is 0 Å². The Bertz CT molecular complexity index is 610. The molecule has 1 radical (unpaired) electrons. The van der Waals surface area contributed by atoms with E-state index in [0.29, 0.717) is 5.89 Å². The molecular formula is C12H8NO. The summed E-state index contributed by atoms with van der Waals surface area (Å²) in [5.74, 6) is 0.469. The first-order chi connectivity index (χ1) is 6.84. The molecule has 1 aromatic heterocycles. The molecular weight excluding hydrogens is 174 g/mol. The number of rotatable bonds is 0. The number of aromatic nitrogens is 1. The van der Waals surface area contributed by atoms with Gasteiger partial charge in [0.1, 0.15) is 5.52 Å². The standard InChI is InChI=1S/C12H8NO/c1-8-13-12-10-5-3-2-4-9(10)6-7-11(12)14-8/h2-7H,1H2. The van der Waals surface area contributed by atoms with Crippen LogP contribution in [0.5, 0.6) is 0 Å². The molecule has 0 N–H and O–H groups in total. The fourth-order valence-corrected chi connectivity index (χ4v) is 1.71. The van der Waals surface area contributed by atoms with Gasteiger partial charge in [0.05, 0.1) is 0 Å². The molecule has 0 saturated heterocycles. The van der Waals surface area contributed by atoms with E-state index in [4.69, 9.17) is 4.42 Å². The smallest absolute Gasteiger partial charge is 0.196 e. The lowest BCUT2D eigenvalue weighted by Gasteiger charge is -1.95. The third-order valence-electron chi connectivity index (χ3n) is 2.33. The van der Waals surface area contributed by atoms with Crippen molar-refractivity contribution in [3.8, 4) is 0 Å². The summed E-state index contributed by atoms with van der Waals surface area (Å²) < 4.78 is 5.35. The molecule has 2 heteroatoms. The van der Waals surface area contributed by atoms with Gasteiger partial charge in [-0.15, -0.1) is 0 Å². The summed E-state index contributed by atoms with van der Waals surface area (Å²) in [6.45, 7) is 3.69. The Kier molecular flexibility index (Phi) is 1.39. The lowest BCUT2D eigenvalue weighted by molar-refractivity contribution is 0.579. The predicted molar refractivity (Wildman–Crippen MR) is 56.0 cm³/mol. The maximum absolute atomic E-state index is 5.35. The summed E-state index contributed by atoms with van der Waals surface area (Å²) in [4.78, 5) is 4.26. The van der Waals surface area contributed by atoms with Gasteiger partial charge in [0, 0.05) is 12.3 Å². The zero-order chi connectivity index (χ0) is 9.54. The number of nitrogens with zero attached hydrogens (tertiary/aromatic N) is 1. The minimum absolute atomic E-state index is 0.469. The van der Waals surface area contributed by atoms with Crippen molar-refractivity contribution in [1.82, 2.24) is 4.98 Å². The summed E-state index contributed by atoms with van der Waals surface area (Å²) in [5, 5.41) is 2.29. The average Bonchev–Trinajstić information content (AvgIpc) is 2.59. The van der Waals surface area contributed by atoms with Crippen LogP contribution in [-0.2, 0) is 0 Å². The van der Waals surface area contributed by atoms with Crippen molar-refractivity contribution in [2.75, 3.05) is 0 Å². The van der Waals surface area contributed by atoms with Gasteiger partial charge in [0.15, 0.2) is 11.5 Å². The van der Waals surface area contributed by atoms with E-state index in [1.54, 1.807) is 0 Å². The van der Waals surface area contributed by atoms with Gasteiger partial charge in [-0.05, 0) is 11.5 Å². The molecule has 2 aromatic carbocycles. The molecule has 0 unspecified atom stereocenters. The Balaban J connectivity index is 2.60. The molecule has 0 atom stereocenters.